The van der Waals surface area contributed by atoms with Gasteiger partial charge in [0.1, 0.15) is 0 Å². The second-order valence-corrected chi connectivity index (χ2v) is 7.97. The van der Waals surface area contributed by atoms with Gasteiger partial charge >= 0.3 is 0 Å². The third-order valence-electron chi connectivity index (χ3n) is 4.30. The summed E-state index contributed by atoms with van der Waals surface area (Å²) in [7, 11) is -1.46. The van der Waals surface area contributed by atoms with Crippen molar-refractivity contribution in [2.45, 2.75) is 31.8 Å². The molecular formula is C14H28N2O4S. The SMILES string of the molecule is COCCNCC1CCN(S(=O)(=O)CC2CCCO2)CC1. The van der Waals surface area contributed by atoms with Gasteiger partial charge in [0.15, 0.2) is 0 Å². The van der Waals surface area contributed by atoms with Gasteiger partial charge in [-0.1, -0.05) is 0 Å². The molecule has 2 aliphatic rings. The van der Waals surface area contributed by atoms with Crippen molar-refractivity contribution < 1.29 is 17.9 Å². The number of sulfonamides is 1. The summed E-state index contributed by atoms with van der Waals surface area (Å²) in [6.45, 7) is 4.51. The summed E-state index contributed by atoms with van der Waals surface area (Å²) in [5.74, 6) is 0.722. The van der Waals surface area contributed by atoms with Crippen LogP contribution in [0.1, 0.15) is 25.7 Å². The first-order valence-corrected chi connectivity index (χ1v) is 9.52. The van der Waals surface area contributed by atoms with Gasteiger partial charge in [0, 0.05) is 33.4 Å². The van der Waals surface area contributed by atoms with Crippen LogP contribution >= 0.6 is 0 Å². The number of rotatable bonds is 8. The molecule has 2 rings (SSSR count). The molecule has 0 aromatic heterocycles. The topological polar surface area (TPSA) is 67.9 Å². The summed E-state index contributed by atoms with van der Waals surface area (Å²) in [5, 5.41) is 3.36. The fraction of sp³-hybridized carbons (Fsp3) is 1.00. The van der Waals surface area contributed by atoms with E-state index in [0.717, 1.165) is 38.8 Å². The average molecular weight is 320 g/mol. The van der Waals surface area contributed by atoms with Gasteiger partial charge in [-0.3, -0.25) is 0 Å². The van der Waals surface area contributed by atoms with Gasteiger partial charge in [-0.2, -0.15) is 0 Å². The van der Waals surface area contributed by atoms with Gasteiger partial charge in [-0.05, 0) is 38.1 Å². The van der Waals surface area contributed by atoms with Gasteiger partial charge in [0.2, 0.25) is 10.0 Å². The van der Waals surface area contributed by atoms with Crippen molar-refractivity contribution in [2.75, 3.05) is 52.3 Å². The number of nitrogens with zero attached hydrogens (tertiary/aromatic N) is 1. The van der Waals surface area contributed by atoms with Gasteiger partial charge in [-0.15, -0.1) is 0 Å². The molecule has 1 atom stereocenters. The molecule has 2 saturated heterocycles. The molecule has 0 spiro atoms. The lowest BCUT2D eigenvalue weighted by Gasteiger charge is -2.31. The van der Waals surface area contributed by atoms with Crippen molar-refractivity contribution in [3.8, 4) is 0 Å². The minimum Gasteiger partial charge on any atom is -0.383 e. The summed E-state index contributed by atoms with van der Waals surface area (Å²) in [6, 6.07) is 0. The van der Waals surface area contributed by atoms with Gasteiger partial charge < -0.3 is 14.8 Å². The standard InChI is InChI=1S/C14H28N2O4S/c1-19-10-6-15-11-13-4-7-16(8-5-13)21(17,18)12-14-3-2-9-20-14/h13-15H,2-12H2,1H3. The maximum absolute atomic E-state index is 12.4. The highest BCUT2D eigenvalue weighted by Gasteiger charge is 2.31. The summed E-state index contributed by atoms with van der Waals surface area (Å²) >= 11 is 0. The van der Waals surface area contributed by atoms with E-state index in [1.807, 2.05) is 0 Å². The Morgan fingerprint density at radius 1 is 1.29 bits per heavy atom. The van der Waals surface area contributed by atoms with Crippen molar-refractivity contribution in [3.05, 3.63) is 0 Å². The zero-order valence-electron chi connectivity index (χ0n) is 12.9. The maximum atomic E-state index is 12.4. The number of nitrogens with one attached hydrogen (secondary N) is 1. The molecule has 0 radical (unpaired) electrons. The molecule has 2 aliphatic heterocycles. The Kier molecular flexibility index (Phi) is 6.88. The van der Waals surface area contributed by atoms with E-state index in [1.54, 1.807) is 11.4 Å². The molecule has 2 fully saturated rings. The largest absolute Gasteiger partial charge is 0.383 e. The van der Waals surface area contributed by atoms with E-state index in [4.69, 9.17) is 9.47 Å². The third-order valence-corrected chi connectivity index (χ3v) is 6.25. The molecule has 0 aromatic carbocycles. The summed E-state index contributed by atoms with van der Waals surface area (Å²) in [4.78, 5) is 0. The monoisotopic (exact) mass is 320 g/mol. The van der Waals surface area contributed by atoms with Crippen LogP contribution in [0.3, 0.4) is 0 Å². The van der Waals surface area contributed by atoms with Crippen LogP contribution < -0.4 is 5.32 Å². The van der Waals surface area contributed by atoms with Crippen LogP contribution in [0.25, 0.3) is 0 Å². The molecule has 6 nitrogen and oxygen atoms in total. The smallest absolute Gasteiger partial charge is 0.216 e. The van der Waals surface area contributed by atoms with E-state index in [9.17, 15) is 8.42 Å². The quantitative estimate of drug-likeness (QED) is 0.658. The molecule has 2 heterocycles. The van der Waals surface area contributed by atoms with Crippen LogP contribution in [0.2, 0.25) is 0 Å². The predicted octanol–water partition coefficient (Wildman–Crippen LogP) is 0.443. The molecule has 124 valence electrons. The summed E-state index contributed by atoms with van der Waals surface area (Å²) in [5.41, 5.74) is 0. The lowest BCUT2D eigenvalue weighted by atomic mass is 9.98. The van der Waals surface area contributed by atoms with Crippen molar-refractivity contribution in [1.29, 1.82) is 0 Å². The molecule has 0 bridgehead atoms. The predicted molar refractivity (Wildman–Crippen MR) is 81.8 cm³/mol. The average Bonchev–Trinajstić information content (AvgIpc) is 2.96. The maximum Gasteiger partial charge on any atom is 0.216 e. The van der Waals surface area contributed by atoms with E-state index >= 15 is 0 Å². The Balaban J connectivity index is 1.69. The molecule has 1 N–H and O–H groups in total. The van der Waals surface area contributed by atoms with Crippen LogP contribution in [-0.4, -0.2) is 71.1 Å². The normalized spacial score (nSPS) is 25.5. The highest BCUT2D eigenvalue weighted by Crippen LogP contribution is 2.22. The van der Waals surface area contributed by atoms with Crippen molar-refractivity contribution in [1.82, 2.24) is 9.62 Å². The van der Waals surface area contributed by atoms with Gasteiger partial charge in [0.25, 0.3) is 0 Å². The van der Waals surface area contributed by atoms with E-state index in [-0.39, 0.29) is 11.9 Å². The first-order valence-electron chi connectivity index (χ1n) is 7.91. The van der Waals surface area contributed by atoms with Gasteiger partial charge in [0.05, 0.1) is 18.5 Å². The molecule has 0 aromatic rings. The summed E-state index contributed by atoms with van der Waals surface area (Å²) < 4.78 is 36.8. The number of ether oxygens (including phenoxy) is 2. The Hall–Kier alpha value is -0.210. The van der Waals surface area contributed by atoms with Crippen molar-refractivity contribution in [3.63, 3.8) is 0 Å². The second-order valence-electron chi connectivity index (χ2n) is 5.95. The second kappa shape index (κ2) is 8.43. The van der Waals surface area contributed by atoms with Crippen LogP contribution in [0.4, 0.5) is 0 Å². The Bertz CT molecular complexity index is 388. The fourth-order valence-electron chi connectivity index (χ4n) is 2.99. The highest BCUT2D eigenvalue weighted by molar-refractivity contribution is 7.89. The van der Waals surface area contributed by atoms with Crippen LogP contribution in [0.5, 0.6) is 0 Å². The lowest BCUT2D eigenvalue weighted by Crippen LogP contribution is -2.43. The zero-order chi connectivity index (χ0) is 15.1. The molecule has 0 saturated carbocycles. The molecule has 7 heteroatoms. The van der Waals surface area contributed by atoms with E-state index < -0.39 is 10.0 Å². The number of piperidine rings is 1. The minimum atomic E-state index is -3.15. The highest BCUT2D eigenvalue weighted by atomic mass is 32.2. The summed E-state index contributed by atoms with van der Waals surface area (Å²) in [6.07, 6.45) is 3.63. The fourth-order valence-corrected chi connectivity index (χ4v) is 4.70. The van der Waals surface area contributed by atoms with Crippen LogP contribution in [-0.2, 0) is 19.5 Å². The minimum absolute atomic E-state index is 0.0940. The van der Waals surface area contributed by atoms with E-state index in [1.165, 1.54) is 0 Å². The Labute approximate surface area is 128 Å². The third kappa shape index (κ3) is 5.49. The Morgan fingerprint density at radius 3 is 2.67 bits per heavy atom. The molecule has 21 heavy (non-hydrogen) atoms. The van der Waals surface area contributed by atoms with Gasteiger partial charge in [-0.25, -0.2) is 12.7 Å². The zero-order valence-corrected chi connectivity index (χ0v) is 13.7. The van der Waals surface area contributed by atoms with Crippen molar-refractivity contribution >= 4 is 10.0 Å². The molecule has 0 amide bonds. The molecular weight excluding hydrogens is 292 g/mol. The van der Waals surface area contributed by atoms with E-state index in [0.29, 0.717) is 32.2 Å². The number of methoxy groups -OCH3 is 1. The first-order chi connectivity index (χ1) is 10.1. The number of hydrogen-bond donors (Lipinski definition) is 1. The number of hydrogen-bond acceptors (Lipinski definition) is 5. The van der Waals surface area contributed by atoms with Crippen LogP contribution in [0, 0.1) is 5.92 Å². The molecule has 0 aliphatic carbocycles. The van der Waals surface area contributed by atoms with Crippen LogP contribution in [0.15, 0.2) is 0 Å². The van der Waals surface area contributed by atoms with E-state index in [2.05, 4.69) is 5.32 Å². The van der Waals surface area contributed by atoms with Crippen molar-refractivity contribution in [2.24, 2.45) is 5.92 Å². The molecule has 1 unspecified atom stereocenters. The Morgan fingerprint density at radius 2 is 2.05 bits per heavy atom. The first kappa shape index (κ1) is 17.1. The lowest BCUT2D eigenvalue weighted by molar-refractivity contribution is 0.126.